The van der Waals surface area contributed by atoms with E-state index in [4.69, 9.17) is 9.16 Å². The van der Waals surface area contributed by atoms with Gasteiger partial charge < -0.3 is 9.16 Å². The molecule has 0 aliphatic carbocycles. The largest absolute Gasteiger partial charge is 0.538 e. The highest BCUT2D eigenvalue weighted by Gasteiger charge is 2.11. The van der Waals surface area contributed by atoms with Crippen molar-refractivity contribution in [2.45, 2.75) is 26.9 Å². The molecule has 3 radical (unpaired) electrons. The van der Waals surface area contributed by atoms with Crippen LogP contribution in [0.5, 0.6) is 11.5 Å². The zero-order valence-electron chi connectivity index (χ0n) is 8.78. The van der Waals surface area contributed by atoms with Crippen LogP contribution < -0.4 is 9.16 Å². The van der Waals surface area contributed by atoms with Gasteiger partial charge in [-0.3, -0.25) is 0 Å². The molecule has 1 aromatic rings. The molecule has 3 heteroatoms. The molecule has 0 heterocycles. The molecule has 0 amide bonds. The summed E-state index contributed by atoms with van der Waals surface area (Å²) in [6.45, 7) is 6.30. The lowest BCUT2D eigenvalue weighted by Gasteiger charge is -2.19. The van der Waals surface area contributed by atoms with Crippen molar-refractivity contribution in [1.29, 1.82) is 0 Å². The van der Waals surface area contributed by atoms with Gasteiger partial charge in [-0.2, -0.15) is 0 Å². The summed E-state index contributed by atoms with van der Waals surface area (Å²) in [6.07, 6.45) is 0.179. The summed E-state index contributed by atoms with van der Waals surface area (Å²) in [5, 5.41) is 0. The quantitative estimate of drug-likeness (QED) is 0.706. The van der Waals surface area contributed by atoms with Gasteiger partial charge in [-0.1, -0.05) is 26.0 Å². The van der Waals surface area contributed by atoms with Crippen LogP contribution in [0.15, 0.2) is 24.3 Å². The van der Waals surface area contributed by atoms with Crippen molar-refractivity contribution in [3.8, 4) is 11.5 Å². The minimum Gasteiger partial charge on any atom is -0.538 e. The predicted molar refractivity (Wildman–Crippen MR) is 57.8 cm³/mol. The highest BCUT2D eigenvalue weighted by Crippen LogP contribution is 2.27. The molecule has 0 bridgehead atoms. The van der Waals surface area contributed by atoms with Gasteiger partial charge in [0.2, 0.25) is 0 Å². The molecule has 0 aliphatic heterocycles. The summed E-state index contributed by atoms with van der Waals surface area (Å²) in [6, 6.07) is 7.59. The van der Waals surface area contributed by atoms with Crippen molar-refractivity contribution >= 4 is 10.5 Å². The Morgan fingerprint density at radius 2 is 1.64 bits per heavy atom. The van der Waals surface area contributed by atoms with Crippen molar-refractivity contribution in [2.24, 2.45) is 5.92 Å². The highest BCUT2D eigenvalue weighted by molar-refractivity contribution is 6.00. The normalized spacial score (nSPS) is 12.6. The second kappa shape index (κ2) is 5.05. The maximum absolute atomic E-state index is 5.74. The van der Waals surface area contributed by atoms with Crippen LogP contribution in [-0.4, -0.2) is 16.6 Å². The molecule has 1 aromatic carbocycles. The molecule has 1 rings (SSSR count). The van der Waals surface area contributed by atoms with Gasteiger partial charge in [0.15, 0.2) is 5.75 Å². The van der Waals surface area contributed by atoms with E-state index in [0.717, 1.165) is 5.75 Å². The number of hydrogen-bond acceptors (Lipinski definition) is 2. The molecule has 0 saturated carbocycles. The van der Waals surface area contributed by atoms with Gasteiger partial charge in [-0.15, -0.1) is 0 Å². The van der Waals surface area contributed by atoms with E-state index in [2.05, 4.69) is 31.3 Å². The van der Waals surface area contributed by atoms with E-state index in [-0.39, 0.29) is 6.10 Å². The van der Waals surface area contributed by atoms with E-state index < -0.39 is 0 Å². The van der Waals surface area contributed by atoms with E-state index >= 15 is 0 Å². The third-order valence-corrected chi connectivity index (χ3v) is 2.43. The fourth-order valence-corrected chi connectivity index (χ4v) is 1.14. The zero-order chi connectivity index (χ0) is 10.6. The predicted octanol–water partition coefficient (Wildman–Crippen LogP) is 2.57. The lowest BCUT2D eigenvalue weighted by molar-refractivity contribution is 0.167. The molecular weight excluding hydrogens is 192 g/mol. The van der Waals surface area contributed by atoms with Gasteiger partial charge in [-0.25, -0.2) is 0 Å². The molecule has 1 atom stereocenters. The highest BCUT2D eigenvalue weighted by atomic mass is 28.2. The first-order valence-corrected chi connectivity index (χ1v) is 5.15. The number of hydrogen-bond donors (Lipinski definition) is 0. The summed E-state index contributed by atoms with van der Waals surface area (Å²) >= 11 is 0. The first-order valence-electron chi connectivity index (χ1n) is 4.74. The Balaban J connectivity index is 2.75. The SMILES string of the molecule is CC(C)C(C)Oc1ccccc1O[Si]. The van der Waals surface area contributed by atoms with E-state index in [1.165, 1.54) is 0 Å². The van der Waals surface area contributed by atoms with Crippen LogP contribution in [0.3, 0.4) is 0 Å². The van der Waals surface area contributed by atoms with E-state index in [9.17, 15) is 0 Å². The van der Waals surface area contributed by atoms with Crippen LogP contribution in [0.2, 0.25) is 0 Å². The minimum atomic E-state index is 0.179. The Hall–Kier alpha value is -0.963. The second-order valence-electron chi connectivity index (χ2n) is 3.62. The second-order valence-corrected chi connectivity index (χ2v) is 3.82. The lowest BCUT2D eigenvalue weighted by Crippen LogP contribution is -2.18. The van der Waals surface area contributed by atoms with Gasteiger partial charge >= 0.3 is 10.5 Å². The zero-order valence-corrected chi connectivity index (χ0v) is 9.78. The van der Waals surface area contributed by atoms with Crippen molar-refractivity contribution in [3.63, 3.8) is 0 Å². The van der Waals surface area contributed by atoms with Crippen molar-refractivity contribution < 1.29 is 9.16 Å². The van der Waals surface area contributed by atoms with Crippen LogP contribution in [-0.2, 0) is 0 Å². The molecule has 0 spiro atoms. The van der Waals surface area contributed by atoms with Gasteiger partial charge in [0.05, 0.1) is 6.10 Å². The fourth-order valence-electron chi connectivity index (χ4n) is 0.968. The molecule has 1 unspecified atom stereocenters. The van der Waals surface area contributed by atoms with Gasteiger partial charge in [0.25, 0.3) is 0 Å². The molecule has 2 nitrogen and oxygen atoms in total. The van der Waals surface area contributed by atoms with Crippen LogP contribution >= 0.6 is 0 Å². The summed E-state index contributed by atoms with van der Waals surface area (Å²) < 4.78 is 10.7. The average molecular weight is 207 g/mol. The number of ether oxygens (including phenoxy) is 1. The molecule has 0 N–H and O–H groups in total. The third kappa shape index (κ3) is 2.77. The van der Waals surface area contributed by atoms with Crippen molar-refractivity contribution in [1.82, 2.24) is 0 Å². The Morgan fingerprint density at radius 1 is 1.07 bits per heavy atom. The van der Waals surface area contributed by atoms with Crippen molar-refractivity contribution in [2.75, 3.05) is 0 Å². The maximum Gasteiger partial charge on any atom is 0.341 e. The first kappa shape index (κ1) is 11.1. The minimum absolute atomic E-state index is 0.179. The Bertz CT molecular complexity index is 286. The summed E-state index contributed by atoms with van der Waals surface area (Å²) in [7, 11) is 3.00. The van der Waals surface area contributed by atoms with Crippen LogP contribution in [0.25, 0.3) is 0 Å². The van der Waals surface area contributed by atoms with E-state index in [0.29, 0.717) is 11.7 Å². The summed E-state index contributed by atoms with van der Waals surface area (Å²) in [5.74, 6) is 1.96. The average Bonchev–Trinajstić information content (AvgIpc) is 2.18. The van der Waals surface area contributed by atoms with E-state index in [1.54, 1.807) is 0 Å². The third-order valence-electron chi connectivity index (χ3n) is 2.21. The van der Waals surface area contributed by atoms with Crippen molar-refractivity contribution in [3.05, 3.63) is 24.3 Å². The fraction of sp³-hybridized carbons (Fsp3) is 0.455. The molecule has 14 heavy (non-hydrogen) atoms. The van der Waals surface area contributed by atoms with Crippen LogP contribution in [0.1, 0.15) is 20.8 Å². The number of benzene rings is 1. The van der Waals surface area contributed by atoms with Gasteiger partial charge in [0, 0.05) is 0 Å². The first-order chi connectivity index (χ1) is 6.65. The standard InChI is InChI=1S/C11H15O2Si/c1-8(2)9(3)12-10-6-4-5-7-11(10)13-14/h4-9H,1-3H3. The van der Waals surface area contributed by atoms with Crippen LogP contribution in [0.4, 0.5) is 0 Å². The summed E-state index contributed by atoms with van der Waals surface area (Å²) in [5.41, 5.74) is 0. The molecule has 0 fully saturated rings. The topological polar surface area (TPSA) is 18.5 Å². The maximum atomic E-state index is 5.74. The molecule has 0 aromatic heterocycles. The molecule has 0 saturated heterocycles. The number of rotatable bonds is 4. The Labute approximate surface area is 88.8 Å². The lowest BCUT2D eigenvalue weighted by atomic mass is 10.1. The molecule has 0 aliphatic rings. The Morgan fingerprint density at radius 3 is 2.14 bits per heavy atom. The Kier molecular flexibility index (Phi) is 4.01. The smallest absolute Gasteiger partial charge is 0.341 e. The summed E-state index contributed by atoms with van der Waals surface area (Å²) in [4.78, 5) is 0. The van der Waals surface area contributed by atoms with Crippen LogP contribution in [0, 0.1) is 5.92 Å². The molecular formula is C11H15O2Si. The van der Waals surface area contributed by atoms with E-state index in [1.807, 2.05) is 24.3 Å². The van der Waals surface area contributed by atoms with Gasteiger partial charge in [0.1, 0.15) is 5.75 Å². The number of para-hydroxylation sites is 2. The molecule has 75 valence electrons. The monoisotopic (exact) mass is 207 g/mol. The van der Waals surface area contributed by atoms with Gasteiger partial charge in [-0.05, 0) is 25.0 Å².